The Kier molecular flexibility index (Phi) is 8.06. The van der Waals surface area contributed by atoms with E-state index < -0.39 is 0 Å². The largest absolute Gasteiger partial charge is 0.379 e. The molecule has 32 heavy (non-hydrogen) atoms. The molecule has 0 saturated carbocycles. The molecule has 4 rings (SSSR count). The quantitative estimate of drug-likeness (QED) is 0.505. The number of guanidine groups is 1. The SMILES string of the molecule is CCNC(=NCc1nnc2n1CCCCC2)NCC(c1ccc(F)cc1)N1CCOCC1. The minimum Gasteiger partial charge on any atom is -0.379 e. The normalized spacial score (nSPS) is 18.6. The zero-order valence-corrected chi connectivity index (χ0v) is 18.9. The lowest BCUT2D eigenvalue weighted by molar-refractivity contribution is 0.0170. The van der Waals surface area contributed by atoms with Crippen molar-refractivity contribution in [2.24, 2.45) is 4.99 Å². The number of fused-ring (bicyclic) bond motifs is 1. The number of morpholine rings is 1. The third-order valence-electron chi connectivity index (χ3n) is 6.11. The molecular formula is C23H34FN7O. The first-order valence-electron chi connectivity index (χ1n) is 11.7. The van der Waals surface area contributed by atoms with E-state index in [1.165, 1.54) is 31.4 Å². The van der Waals surface area contributed by atoms with Gasteiger partial charge in [0.05, 0.1) is 19.3 Å². The number of benzene rings is 1. The Morgan fingerprint density at radius 1 is 1.09 bits per heavy atom. The molecule has 0 aliphatic carbocycles. The Morgan fingerprint density at radius 3 is 2.69 bits per heavy atom. The molecule has 1 atom stereocenters. The van der Waals surface area contributed by atoms with Crippen LogP contribution in [0.4, 0.5) is 4.39 Å². The molecular weight excluding hydrogens is 409 g/mol. The van der Waals surface area contributed by atoms with Crippen molar-refractivity contribution in [3.8, 4) is 0 Å². The van der Waals surface area contributed by atoms with Crippen LogP contribution in [0.5, 0.6) is 0 Å². The monoisotopic (exact) mass is 443 g/mol. The van der Waals surface area contributed by atoms with E-state index in [1.807, 2.05) is 12.1 Å². The second-order valence-electron chi connectivity index (χ2n) is 8.29. The van der Waals surface area contributed by atoms with Gasteiger partial charge in [0.2, 0.25) is 0 Å². The van der Waals surface area contributed by atoms with Crippen molar-refractivity contribution < 1.29 is 9.13 Å². The zero-order chi connectivity index (χ0) is 22.2. The lowest BCUT2D eigenvalue weighted by Crippen LogP contribution is -2.46. The third-order valence-corrected chi connectivity index (χ3v) is 6.11. The molecule has 3 heterocycles. The van der Waals surface area contributed by atoms with Crippen LogP contribution in [0.1, 0.15) is 49.4 Å². The predicted octanol–water partition coefficient (Wildman–Crippen LogP) is 2.27. The molecule has 174 valence electrons. The molecule has 2 aromatic rings. The van der Waals surface area contributed by atoms with Crippen LogP contribution in [0.15, 0.2) is 29.3 Å². The molecule has 1 aromatic carbocycles. The minimum atomic E-state index is -0.218. The number of aryl methyl sites for hydroxylation is 1. The standard InChI is InChI=1S/C23H34FN7O/c1-2-25-23(27-17-22-29-28-21-6-4-3-5-11-31(21)22)26-16-20(30-12-14-32-15-13-30)18-7-9-19(24)10-8-18/h7-10,20H,2-6,11-17H2,1H3,(H2,25,26,27). The number of aliphatic imine (C=N–C) groups is 1. The summed E-state index contributed by atoms with van der Waals surface area (Å²) < 4.78 is 21.3. The first-order chi connectivity index (χ1) is 15.7. The molecule has 0 bridgehead atoms. The lowest BCUT2D eigenvalue weighted by Gasteiger charge is -2.35. The van der Waals surface area contributed by atoms with Crippen LogP contribution in [0.3, 0.4) is 0 Å². The Hall–Kier alpha value is -2.52. The van der Waals surface area contributed by atoms with Crippen molar-refractivity contribution in [2.75, 3.05) is 39.4 Å². The van der Waals surface area contributed by atoms with Crippen molar-refractivity contribution in [3.05, 3.63) is 47.3 Å². The van der Waals surface area contributed by atoms with Gasteiger partial charge in [0.25, 0.3) is 0 Å². The molecule has 2 aliphatic rings. The highest BCUT2D eigenvalue weighted by Crippen LogP contribution is 2.22. The minimum absolute atomic E-state index is 0.104. The summed E-state index contributed by atoms with van der Waals surface area (Å²) in [6.07, 6.45) is 4.58. The lowest BCUT2D eigenvalue weighted by atomic mass is 10.0. The molecule has 2 N–H and O–H groups in total. The summed E-state index contributed by atoms with van der Waals surface area (Å²) in [6.45, 7) is 8.07. The van der Waals surface area contributed by atoms with Crippen molar-refractivity contribution in [2.45, 2.75) is 51.7 Å². The maximum Gasteiger partial charge on any atom is 0.191 e. The number of rotatable bonds is 7. The van der Waals surface area contributed by atoms with Crippen molar-refractivity contribution in [1.82, 2.24) is 30.3 Å². The molecule has 2 aliphatic heterocycles. The Balaban J connectivity index is 1.45. The summed E-state index contributed by atoms with van der Waals surface area (Å²) >= 11 is 0. The van der Waals surface area contributed by atoms with Gasteiger partial charge in [-0.3, -0.25) is 4.90 Å². The summed E-state index contributed by atoms with van der Waals surface area (Å²) in [5.41, 5.74) is 1.08. The first-order valence-corrected chi connectivity index (χ1v) is 11.7. The van der Waals surface area contributed by atoms with Crippen LogP contribution in [0.25, 0.3) is 0 Å². The van der Waals surface area contributed by atoms with Gasteiger partial charge < -0.3 is 19.9 Å². The molecule has 0 amide bonds. The highest BCUT2D eigenvalue weighted by molar-refractivity contribution is 5.79. The highest BCUT2D eigenvalue weighted by Gasteiger charge is 2.23. The summed E-state index contributed by atoms with van der Waals surface area (Å²) in [4.78, 5) is 7.17. The molecule has 8 nitrogen and oxygen atoms in total. The van der Waals surface area contributed by atoms with Crippen LogP contribution in [0, 0.1) is 5.82 Å². The topological polar surface area (TPSA) is 79.6 Å². The predicted molar refractivity (Wildman–Crippen MR) is 122 cm³/mol. The van der Waals surface area contributed by atoms with E-state index in [0.29, 0.717) is 26.3 Å². The number of ether oxygens (including phenoxy) is 1. The van der Waals surface area contributed by atoms with Gasteiger partial charge in [0, 0.05) is 39.1 Å². The second kappa shape index (κ2) is 11.4. The van der Waals surface area contributed by atoms with Gasteiger partial charge in [0.1, 0.15) is 18.2 Å². The molecule has 1 unspecified atom stereocenters. The number of aromatic nitrogens is 3. The summed E-state index contributed by atoms with van der Waals surface area (Å²) in [5.74, 6) is 2.53. The molecule has 1 aromatic heterocycles. The molecule has 0 radical (unpaired) electrons. The van der Waals surface area contributed by atoms with Crippen molar-refractivity contribution >= 4 is 5.96 Å². The fourth-order valence-corrected chi connectivity index (χ4v) is 4.38. The van der Waals surface area contributed by atoms with E-state index in [2.05, 4.69) is 37.2 Å². The molecule has 9 heteroatoms. The summed E-state index contributed by atoms with van der Waals surface area (Å²) in [7, 11) is 0. The van der Waals surface area contributed by atoms with Crippen molar-refractivity contribution in [3.63, 3.8) is 0 Å². The van der Waals surface area contributed by atoms with E-state index in [-0.39, 0.29) is 11.9 Å². The fraction of sp³-hybridized carbons (Fsp3) is 0.609. The van der Waals surface area contributed by atoms with Gasteiger partial charge in [-0.05, 0) is 37.5 Å². The van der Waals surface area contributed by atoms with Crippen LogP contribution >= 0.6 is 0 Å². The maximum absolute atomic E-state index is 13.5. The molecule has 1 fully saturated rings. The van der Waals surface area contributed by atoms with Crippen molar-refractivity contribution in [1.29, 1.82) is 0 Å². The Morgan fingerprint density at radius 2 is 1.91 bits per heavy atom. The van der Waals surface area contributed by atoms with Crippen LogP contribution in [0.2, 0.25) is 0 Å². The highest BCUT2D eigenvalue weighted by atomic mass is 19.1. The van der Waals surface area contributed by atoms with Gasteiger partial charge in [-0.1, -0.05) is 18.6 Å². The van der Waals surface area contributed by atoms with Gasteiger partial charge in [-0.2, -0.15) is 0 Å². The number of halogens is 1. The van der Waals surface area contributed by atoms with Crippen LogP contribution in [-0.4, -0.2) is 65.0 Å². The van der Waals surface area contributed by atoms with Crippen LogP contribution < -0.4 is 10.6 Å². The van der Waals surface area contributed by atoms with Gasteiger partial charge >= 0.3 is 0 Å². The summed E-state index contributed by atoms with van der Waals surface area (Å²) in [5, 5.41) is 15.6. The fourth-order valence-electron chi connectivity index (χ4n) is 4.38. The number of hydrogen-bond acceptors (Lipinski definition) is 5. The average molecular weight is 444 g/mol. The maximum atomic E-state index is 13.5. The number of nitrogens with one attached hydrogen (secondary N) is 2. The molecule has 0 spiro atoms. The average Bonchev–Trinajstić information content (AvgIpc) is 3.05. The van der Waals surface area contributed by atoms with Gasteiger partial charge in [-0.25, -0.2) is 9.38 Å². The Bertz CT molecular complexity index is 877. The van der Waals surface area contributed by atoms with E-state index in [9.17, 15) is 4.39 Å². The summed E-state index contributed by atoms with van der Waals surface area (Å²) in [6, 6.07) is 6.89. The molecule has 1 saturated heterocycles. The number of hydrogen-bond donors (Lipinski definition) is 2. The Labute approximate surface area is 189 Å². The van der Waals surface area contributed by atoms with Crippen LogP contribution in [-0.2, 0) is 24.2 Å². The van der Waals surface area contributed by atoms with E-state index in [0.717, 1.165) is 55.8 Å². The first kappa shape index (κ1) is 22.7. The van der Waals surface area contributed by atoms with E-state index in [1.54, 1.807) is 0 Å². The second-order valence-corrected chi connectivity index (χ2v) is 8.29. The van der Waals surface area contributed by atoms with Gasteiger partial charge in [-0.15, -0.1) is 10.2 Å². The zero-order valence-electron chi connectivity index (χ0n) is 18.9. The van der Waals surface area contributed by atoms with Gasteiger partial charge in [0.15, 0.2) is 11.8 Å². The smallest absolute Gasteiger partial charge is 0.191 e. The van der Waals surface area contributed by atoms with E-state index >= 15 is 0 Å². The third kappa shape index (κ3) is 5.83. The number of nitrogens with zero attached hydrogens (tertiary/aromatic N) is 5. The van der Waals surface area contributed by atoms with E-state index in [4.69, 9.17) is 9.73 Å².